The van der Waals surface area contributed by atoms with Crippen molar-refractivity contribution in [2.45, 2.75) is 20.4 Å². The van der Waals surface area contributed by atoms with Crippen LogP contribution in [0.5, 0.6) is 0 Å². The fourth-order valence-electron chi connectivity index (χ4n) is 1.53. The molecule has 19 heavy (non-hydrogen) atoms. The first-order valence-electron chi connectivity index (χ1n) is 6.41. The number of hydrogen-bond acceptors (Lipinski definition) is 4. The fourth-order valence-corrected chi connectivity index (χ4v) is 1.53. The average molecular weight is 266 g/mol. The van der Waals surface area contributed by atoms with Gasteiger partial charge in [-0.2, -0.15) is 5.10 Å². The Balaban J connectivity index is 2.72. The van der Waals surface area contributed by atoms with Gasteiger partial charge >= 0.3 is 0 Å². The van der Waals surface area contributed by atoms with E-state index in [9.17, 15) is 9.59 Å². The molecule has 0 aliphatic heterocycles. The van der Waals surface area contributed by atoms with E-state index in [1.54, 1.807) is 0 Å². The van der Waals surface area contributed by atoms with Gasteiger partial charge in [-0.15, -0.1) is 0 Å². The summed E-state index contributed by atoms with van der Waals surface area (Å²) in [7, 11) is 3.88. The zero-order chi connectivity index (χ0) is 14.4. The van der Waals surface area contributed by atoms with E-state index in [2.05, 4.69) is 10.4 Å². The van der Waals surface area contributed by atoms with E-state index >= 15 is 0 Å². The van der Waals surface area contributed by atoms with E-state index in [4.69, 9.17) is 0 Å². The number of aromatic nitrogens is 2. The molecule has 6 heteroatoms. The SMILES string of the molecule is CC(C)Cn1nc(C(=O)NCCN(C)C)ccc1=O. The number of carbonyl (C=O) groups is 1. The van der Waals surface area contributed by atoms with Crippen LogP contribution in [-0.2, 0) is 6.54 Å². The van der Waals surface area contributed by atoms with Crippen LogP contribution < -0.4 is 10.9 Å². The molecule has 1 aromatic rings. The molecule has 1 rings (SSSR count). The predicted octanol–water partition coefficient (Wildman–Crippen LogP) is 0.191. The highest BCUT2D eigenvalue weighted by Crippen LogP contribution is 1.96. The average Bonchev–Trinajstić information content (AvgIpc) is 2.30. The van der Waals surface area contributed by atoms with E-state index in [0.717, 1.165) is 6.54 Å². The molecular weight excluding hydrogens is 244 g/mol. The lowest BCUT2D eigenvalue weighted by Gasteiger charge is -2.11. The molecule has 0 aromatic carbocycles. The van der Waals surface area contributed by atoms with Crippen molar-refractivity contribution in [1.82, 2.24) is 20.0 Å². The summed E-state index contributed by atoms with van der Waals surface area (Å²) in [6, 6.07) is 2.85. The Morgan fingerprint density at radius 1 is 1.42 bits per heavy atom. The quantitative estimate of drug-likeness (QED) is 0.798. The lowest BCUT2D eigenvalue weighted by Crippen LogP contribution is -2.34. The molecule has 0 fully saturated rings. The second-order valence-corrected chi connectivity index (χ2v) is 5.19. The number of carbonyl (C=O) groups excluding carboxylic acids is 1. The van der Waals surface area contributed by atoms with Crippen LogP contribution >= 0.6 is 0 Å². The van der Waals surface area contributed by atoms with Crippen molar-refractivity contribution in [2.75, 3.05) is 27.2 Å². The zero-order valence-electron chi connectivity index (χ0n) is 12.0. The Morgan fingerprint density at radius 2 is 2.11 bits per heavy atom. The summed E-state index contributed by atoms with van der Waals surface area (Å²) in [5, 5.41) is 6.86. The summed E-state index contributed by atoms with van der Waals surface area (Å²) in [5.74, 6) is 0.0524. The second kappa shape index (κ2) is 7.04. The van der Waals surface area contributed by atoms with E-state index in [-0.39, 0.29) is 17.2 Å². The highest BCUT2D eigenvalue weighted by Gasteiger charge is 2.09. The summed E-state index contributed by atoms with van der Waals surface area (Å²) in [6.45, 7) is 5.82. The van der Waals surface area contributed by atoms with Gasteiger partial charge in [-0.05, 0) is 26.1 Å². The highest BCUT2D eigenvalue weighted by atomic mass is 16.2. The highest BCUT2D eigenvalue weighted by molar-refractivity contribution is 5.91. The van der Waals surface area contributed by atoms with Crippen molar-refractivity contribution in [1.29, 1.82) is 0 Å². The van der Waals surface area contributed by atoms with Gasteiger partial charge in [-0.3, -0.25) is 9.59 Å². The van der Waals surface area contributed by atoms with Crippen LogP contribution in [0.3, 0.4) is 0 Å². The van der Waals surface area contributed by atoms with Crippen LogP contribution in [0.25, 0.3) is 0 Å². The van der Waals surface area contributed by atoms with Gasteiger partial charge in [0.15, 0.2) is 0 Å². The third kappa shape index (κ3) is 5.21. The smallest absolute Gasteiger partial charge is 0.271 e. The zero-order valence-corrected chi connectivity index (χ0v) is 12.0. The maximum Gasteiger partial charge on any atom is 0.271 e. The van der Waals surface area contributed by atoms with Crippen LogP contribution in [0, 0.1) is 5.92 Å². The molecule has 0 bridgehead atoms. The second-order valence-electron chi connectivity index (χ2n) is 5.19. The molecule has 0 unspecified atom stereocenters. The normalized spacial score (nSPS) is 11.1. The summed E-state index contributed by atoms with van der Waals surface area (Å²) in [5.41, 5.74) is 0.0950. The van der Waals surface area contributed by atoms with Crippen LogP contribution in [-0.4, -0.2) is 47.8 Å². The molecular formula is C13H22N4O2. The lowest BCUT2D eigenvalue weighted by atomic mass is 10.2. The van der Waals surface area contributed by atoms with Crippen molar-refractivity contribution in [3.63, 3.8) is 0 Å². The fraction of sp³-hybridized carbons (Fsp3) is 0.615. The largest absolute Gasteiger partial charge is 0.349 e. The van der Waals surface area contributed by atoms with Gasteiger partial charge in [-0.1, -0.05) is 13.8 Å². The lowest BCUT2D eigenvalue weighted by molar-refractivity contribution is 0.0943. The van der Waals surface area contributed by atoms with E-state index in [1.165, 1.54) is 16.8 Å². The molecule has 0 saturated heterocycles. The van der Waals surface area contributed by atoms with Gasteiger partial charge in [0.2, 0.25) is 0 Å². The van der Waals surface area contributed by atoms with Crippen LogP contribution in [0.4, 0.5) is 0 Å². The monoisotopic (exact) mass is 266 g/mol. The van der Waals surface area contributed by atoms with Crippen molar-refractivity contribution < 1.29 is 4.79 Å². The van der Waals surface area contributed by atoms with Crippen LogP contribution in [0.15, 0.2) is 16.9 Å². The van der Waals surface area contributed by atoms with Gasteiger partial charge in [0.05, 0.1) is 0 Å². The first-order chi connectivity index (χ1) is 8.90. The Bertz CT molecular complexity index is 480. The van der Waals surface area contributed by atoms with Crippen LogP contribution in [0.2, 0.25) is 0 Å². The molecule has 0 atom stereocenters. The number of nitrogens with zero attached hydrogens (tertiary/aromatic N) is 3. The predicted molar refractivity (Wildman–Crippen MR) is 74.2 cm³/mol. The third-order valence-corrected chi connectivity index (χ3v) is 2.48. The molecule has 1 amide bonds. The van der Waals surface area contributed by atoms with Gasteiger partial charge < -0.3 is 10.2 Å². The molecule has 6 nitrogen and oxygen atoms in total. The van der Waals surface area contributed by atoms with Gasteiger partial charge in [0.25, 0.3) is 11.5 Å². The van der Waals surface area contributed by atoms with Gasteiger partial charge in [0, 0.05) is 25.7 Å². The molecule has 0 radical (unpaired) electrons. The third-order valence-electron chi connectivity index (χ3n) is 2.48. The maximum atomic E-state index is 11.9. The first-order valence-corrected chi connectivity index (χ1v) is 6.41. The topological polar surface area (TPSA) is 67.2 Å². The summed E-state index contributed by atoms with van der Waals surface area (Å²) >= 11 is 0. The molecule has 0 saturated carbocycles. The van der Waals surface area contributed by atoms with Gasteiger partial charge in [-0.25, -0.2) is 4.68 Å². The summed E-state index contributed by atoms with van der Waals surface area (Å²) in [6.07, 6.45) is 0. The molecule has 1 heterocycles. The molecule has 0 spiro atoms. The van der Waals surface area contributed by atoms with Crippen molar-refractivity contribution in [2.24, 2.45) is 5.92 Å². The molecule has 1 N–H and O–H groups in total. The number of likely N-dealkylation sites (N-methyl/N-ethyl adjacent to an activating group) is 1. The maximum absolute atomic E-state index is 11.9. The van der Waals surface area contributed by atoms with E-state index in [1.807, 2.05) is 32.8 Å². The van der Waals surface area contributed by atoms with E-state index < -0.39 is 0 Å². The Hall–Kier alpha value is -1.69. The summed E-state index contributed by atoms with van der Waals surface area (Å²) in [4.78, 5) is 25.4. The van der Waals surface area contributed by atoms with Crippen molar-refractivity contribution in [3.05, 3.63) is 28.2 Å². The number of hydrogen-bond donors (Lipinski definition) is 1. The standard InChI is InChI=1S/C13H22N4O2/c1-10(2)9-17-12(18)6-5-11(15-17)13(19)14-7-8-16(3)4/h5-6,10H,7-9H2,1-4H3,(H,14,19). The van der Waals surface area contributed by atoms with Gasteiger partial charge in [0.1, 0.15) is 5.69 Å². The minimum Gasteiger partial charge on any atom is -0.349 e. The molecule has 106 valence electrons. The number of amides is 1. The molecule has 1 aromatic heterocycles. The molecule has 0 aliphatic carbocycles. The number of rotatable bonds is 6. The Morgan fingerprint density at radius 3 is 2.68 bits per heavy atom. The van der Waals surface area contributed by atoms with Crippen molar-refractivity contribution in [3.8, 4) is 0 Å². The first kappa shape index (κ1) is 15.4. The Labute approximate surface area is 113 Å². The van der Waals surface area contributed by atoms with Crippen LogP contribution in [0.1, 0.15) is 24.3 Å². The Kier molecular flexibility index (Phi) is 5.69. The minimum absolute atomic E-state index is 0.182. The molecule has 0 aliphatic rings. The number of nitrogens with one attached hydrogen (secondary N) is 1. The van der Waals surface area contributed by atoms with Crippen molar-refractivity contribution >= 4 is 5.91 Å². The minimum atomic E-state index is -0.251. The van der Waals surface area contributed by atoms with E-state index in [0.29, 0.717) is 19.0 Å². The summed E-state index contributed by atoms with van der Waals surface area (Å²) < 4.78 is 1.34.